The quantitative estimate of drug-likeness (QED) is 0.744. The molecular weight excluding hydrogens is 176 g/mol. The molecule has 0 aromatic carbocycles. The molecule has 2 atom stereocenters. The highest BCUT2D eigenvalue weighted by molar-refractivity contribution is 5.84. The molecule has 3 heteroatoms. The molecule has 1 fully saturated rings. The van der Waals surface area contributed by atoms with Crippen LogP contribution in [0.3, 0.4) is 0 Å². The summed E-state index contributed by atoms with van der Waals surface area (Å²) in [6.07, 6.45) is 1.26. The SMILES string of the molecule is CC(C)CC1NC(C(C)C)C(=O)N1C. The van der Waals surface area contributed by atoms with E-state index in [-0.39, 0.29) is 18.1 Å². The van der Waals surface area contributed by atoms with E-state index in [1.54, 1.807) is 0 Å². The van der Waals surface area contributed by atoms with E-state index in [1.807, 2.05) is 11.9 Å². The zero-order chi connectivity index (χ0) is 10.9. The number of hydrogen-bond donors (Lipinski definition) is 1. The van der Waals surface area contributed by atoms with Crippen LogP contribution in [0.1, 0.15) is 34.1 Å². The highest BCUT2D eigenvalue weighted by Gasteiger charge is 2.37. The van der Waals surface area contributed by atoms with Crippen molar-refractivity contribution in [1.29, 1.82) is 0 Å². The van der Waals surface area contributed by atoms with E-state index in [0.717, 1.165) is 6.42 Å². The molecule has 1 N–H and O–H groups in total. The molecule has 14 heavy (non-hydrogen) atoms. The van der Waals surface area contributed by atoms with E-state index < -0.39 is 0 Å². The van der Waals surface area contributed by atoms with Crippen molar-refractivity contribution in [2.45, 2.75) is 46.3 Å². The molecule has 0 bridgehead atoms. The van der Waals surface area contributed by atoms with Gasteiger partial charge in [0.1, 0.15) is 0 Å². The molecule has 1 heterocycles. The molecule has 1 aliphatic heterocycles. The Hall–Kier alpha value is -0.570. The van der Waals surface area contributed by atoms with Gasteiger partial charge in [-0.1, -0.05) is 27.7 Å². The van der Waals surface area contributed by atoms with Gasteiger partial charge in [0.15, 0.2) is 0 Å². The topological polar surface area (TPSA) is 32.3 Å². The molecule has 1 aliphatic rings. The minimum atomic E-state index is 0.0174. The molecule has 0 aromatic heterocycles. The number of likely N-dealkylation sites (N-methyl/N-ethyl adjacent to an activating group) is 1. The van der Waals surface area contributed by atoms with Crippen LogP contribution in [0.5, 0.6) is 0 Å². The van der Waals surface area contributed by atoms with Gasteiger partial charge in [0.05, 0.1) is 12.2 Å². The first kappa shape index (κ1) is 11.5. The van der Waals surface area contributed by atoms with Gasteiger partial charge in [0.2, 0.25) is 5.91 Å². The van der Waals surface area contributed by atoms with E-state index in [2.05, 4.69) is 33.0 Å². The minimum Gasteiger partial charge on any atom is -0.329 e. The fraction of sp³-hybridized carbons (Fsp3) is 0.909. The maximum absolute atomic E-state index is 11.8. The van der Waals surface area contributed by atoms with Crippen molar-refractivity contribution in [1.82, 2.24) is 10.2 Å². The molecule has 1 rings (SSSR count). The third kappa shape index (κ3) is 2.27. The smallest absolute Gasteiger partial charge is 0.241 e. The molecule has 3 nitrogen and oxygen atoms in total. The van der Waals surface area contributed by atoms with Gasteiger partial charge in [-0.25, -0.2) is 0 Å². The van der Waals surface area contributed by atoms with Gasteiger partial charge < -0.3 is 4.90 Å². The molecular formula is C11H22N2O. The average Bonchev–Trinajstić information content (AvgIpc) is 2.32. The summed E-state index contributed by atoms with van der Waals surface area (Å²) in [5.74, 6) is 1.24. The van der Waals surface area contributed by atoms with Gasteiger partial charge in [0, 0.05) is 7.05 Å². The molecule has 0 aromatic rings. The molecule has 2 unspecified atom stereocenters. The van der Waals surface area contributed by atoms with Crippen LogP contribution in [0.25, 0.3) is 0 Å². The fourth-order valence-corrected chi connectivity index (χ4v) is 1.91. The molecule has 0 spiro atoms. The van der Waals surface area contributed by atoms with Gasteiger partial charge in [-0.3, -0.25) is 10.1 Å². The third-order valence-electron chi connectivity index (χ3n) is 2.81. The lowest BCUT2D eigenvalue weighted by Gasteiger charge is -2.20. The zero-order valence-corrected chi connectivity index (χ0v) is 9.87. The maximum atomic E-state index is 11.8. The number of hydrogen-bond acceptors (Lipinski definition) is 2. The number of nitrogens with zero attached hydrogens (tertiary/aromatic N) is 1. The summed E-state index contributed by atoms with van der Waals surface area (Å²) >= 11 is 0. The monoisotopic (exact) mass is 198 g/mol. The first-order valence-corrected chi connectivity index (χ1v) is 5.46. The maximum Gasteiger partial charge on any atom is 0.241 e. The highest BCUT2D eigenvalue weighted by Crippen LogP contribution is 2.19. The van der Waals surface area contributed by atoms with Crippen LogP contribution in [0.2, 0.25) is 0 Å². The molecule has 82 valence electrons. The van der Waals surface area contributed by atoms with Crippen LogP contribution in [-0.2, 0) is 4.79 Å². The second-order valence-corrected chi connectivity index (χ2v) is 4.98. The van der Waals surface area contributed by atoms with Crippen molar-refractivity contribution >= 4 is 5.91 Å². The number of amides is 1. The Bertz CT molecular complexity index is 213. The first-order valence-electron chi connectivity index (χ1n) is 5.46. The van der Waals surface area contributed by atoms with Crippen LogP contribution in [0.4, 0.5) is 0 Å². The van der Waals surface area contributed by atoms with Gasteiger partial charge in [-0.2, -0.15) is 0 Å². The Morgan fingerprint density at radius 2 is 1.93 bits per heavy atom. The first-order chi connectivity index (χ1) is 6.43. The van der Waals surface area contributed by atoms with Crippen molar-refractivity contribution in [2.75, 3.05) is 7.05 Å². The fourth-order valence-electron chi connectivity index (χ4n) is 1.91. The number of nitrogens with one attached hydrogen (secondary N) is 1. The van der Waals surface area contributed by atoms with Gasteiger partial charge in [-0.05, 0) is 18.3 Å². The van der Waals surface area contributed by atoms with Crippen molar-refractivity contribution in [3.05, 3.63) is 0 Å². The Kier molecular flexibility index (Phi) is 3.53. The Morgan fingerprint density at radius 3 is 2.29 bits per heavy atom. The molecule has 1 saturated heterocycles. The summed E-state index contributed by atoms with van der Waals surface area (Å²) in [5.41, 5.74) is 0. The summed E-state index contributed by atoms with van der Waals surface area (Å²) in [6.45, 7) is 8.54. The van der Waals surface area contributed by atoms with Gasteiger partial charge in [0.25, 0.3) is 0 Å². The summed E-state index contributed by atoms with van der Waals surface area (Å²) in [6, 6.07) is 0.0174. The number of carbonyl (C=O) groups excluding carboxylic acids is 1. The minimum absolute atomic E-state index is 0.0174. The second kappa shape index (κ2) is 4.30. The van der Waals surface area contributed by atoms with Crippen LogP contribution >= 0.6 is 0 Å². The van der Waals surface area contributed by atoms with Crippen molar-refractivity contribution in [2.24, 2.45) is 11.8 Å². The van der Waals surface area contributed by atoms with Crippen molar-refractivity contribution in [3.8, 4) is 0 Å². The summed E-state index contributed by atoms with van der Waals surface area (Å²) < 4.78 is 0. The van der Waals surface area contributed by atoms with Crippen molar-refractivity contribution < 1.29 is 4.79 Å². The lowest BCUT2D eigenvalue weighted by atomic mass is 10.0. The van der Waals surface area contributed by atoms with Crippen LogP contribution < -0.4 is 5.32 Å². The van der Waals surface area contributed by atoms with E-state index in [9.17, 15) is 4.79 Å². The highest BCUT2D eigenvalue weighted by atomic mass is 16.2. The summed E-state index contributed by atoms with van der Waals surface area (Å²) in [7, 11) is 1.89. The Balaban J connectivity index is 2.62. The van der Waals surface area contributed by atoms with Crippen LogP contribution in [0, 0.1) is 11.8 Å². The molecule has 0 saturated carbocycles. The van der Waals surface area contributed by atoms with E-state index in [1.165, 1.54) is 0 Å². The normalized spacial score (nSPS) is 28.2. The molecule has 0 aliphatic carbocycles. The number of carbonyl (C=O) groups is 1. The lowest BCUT2D eigenvalue weighted by Crippen LogP contribution is -2.37. The van der Waals surface area contributed by atoms with Crippen molar-refractivity contribution in [3.63, 3.8) is 0 Å². The number of rotatable bonds is 3. The Morgan fingerprint density at radius 1 is 1.36 bits per heavy atom. The van der Waals surface area contributed by atoms with Gasteiger partial charge >= 0.3 is 0 Å². The van der Waals surface area contributed by atoms with Gasteiger partial charge in [-0.15, -0.1) is 0 Å². The van der Waals surface area contributed by atoms with Crippen LogP contribution in [-0.4, -0.2) is 30.1 Å². The van der Waals surface area contributed by atoms with E-state index in [4.69, 9.17) is 0 Å². The lowest BCUT2D eigenvalue weighted by molar-refractivity contribution is -0.129. The summed E-state index contributed by atoms with van der Waals surface area (Å²) in [4.78, 5) is 13.7. The molecule has 1 amide bonds. The predicted molar refractivity (Wildman–Crippen MR) is 57.8 cm³/mol. The summed E-state index contributed by atoms with van der Waals surface area (Å²) in [5, 5.41) is 3.40. The standard InChI is InChI=1S/C11H22N2O/c1-7(2)6-9-12-10(8(3)4)11(14)13(9)5/h7-10,12H,6H2,1-5H3. The molecule has 0 radical (unpaired) electrons. The van der Waals surface area contributed by atoms with E-state index >= 15 is 0 Å². The second-order valence-electron chi connectivity index (χ2n) is 4.98. The van der Waals surface area contributed by atoms with Crippen LogP contribution in [0.15, 0.2) is 0 Å². The third-order valence-corrected chi connectivity index (χ3v) is 2.81. The zero-order valence-electron chi connectivity index (χ0n) is 9.87. The van der Waals surface area contributed by atoms with E-state index in [0.29, 0.717) is 11.8 Å². The Labute approximate surface area is 86.9 Å². The average molecular weight is 198 g/mol. The predicted octanol–water partition coefficient (Wildman–Crippen LogP) is 1.44. The largest absolute Gasteiger partial charge is 0.329 e.